The molecule has 1 saturated heterocycles. The van der Waals surface area contributed by atoms with Crippen molar-refractivity contribution >= 4 is 11.5 Å². The Bertz CT molecular complexity index is 582. The van der Waals surface area contributed by atoms with E-state index in [-0.39, 0.29) is 6.04 Å². The predicted molar refractivity (Wildman–Crippen MR) is 88.0 cm³/mol. The molecule has 0 amide bonds. The predicted octanol–water partition coefficient (Wildman–Crippen LogP) is 3.88. The molecule has 1 aliphatic heterocycles. The lowest BCUT2D eigenvalue weighted by atomic mass is 10.1. The lowest BCUT2D eigenvalue weighted by Gasteiger charge is -2.29. The Morgan fingerprint density at radius 3 is 2.38 bits per heavy atom. The van der Waals surface area contributed by atoms with Gasteiger partial charge in [0.15, 0.2) is 0 Å². The average molecular weight is 279 g/mol. The van der Waals surface area contributed by atoms with Crippen molar-refractivity contribution in [1.29, 1.82) is 0 Å². The zero-order valence-electron chi connectivity index (χ0n) is 12.4. The molecule has 2 heterocycles. The van der Waals surface area contributed by atoms with E-state index < -0.39 is 0 Å². The normalized spacial score (nSPS) is 16.6. The van der Waals surface area contributed by atoms with Crippen LogP contribution in [-0.4, -0.2) is 23.8 Å². The Kier molecular flexibility index (Phi) is 4.29. The van der Waals surface area contributed by atoms with Gasteiger partial charge in [0.05, 0.1) is 6.04 Å². The summed E-state index contributed by atoms with van der Waals surface area (Å²) in [5.41, 5.74) is 2.62. The van der Waals surface area contributed by atoms with Crippen LogP contribution in [-0.2, 0) is 0 Å². The van der Waals surface area contributed by atoms with Gasteiger partial charge in [-0.05, 0) is 24.6 Å². The quantitative estimate of drug-likeness (QED) is 0.853. The Morgan fingerprint density at radius 1 is 1.00 bits per heavy atom. The first-order chi connectivity index (χ1) is 10.3. The Labute approximate surface area is 126 Å². The average Bonchev–Trinajstić information content (AvgIpc) is 2.57. The highest BCUT2D eigenvalue weighted by Gasteiger charge is 2.16. The van der Waals surface area contributed by atoms with E-state index in [1.807, 2.05) is 18.3 Å². The van der Waals surface area contributed by atoms with E-state index in [0.717, 1.165) is 31.7 Å². The van der Waals surface area contributed by atoms with E-state index in [2.05, 4.69) is 53.2 Å². The van der Waals surface area contributed by atoms with Crippen LogP contribution in [0.3, 0.4) is 0 Å². The topological polar surface area (TPSA) is 28.5 Å². The van der Waals surface area contributed by atoms with Crippen molar-refractivity contribution in [3.05, 3.63) is 60.3 Å². The summed E-state index contributed by atoms with van der Waals surface area (Å²) in [5, 5.41) is 0. The number of aromatic nitrogens is 1. The van der Waals surface area contributed by atoms with Gasteiger partial charge in [-0.15, -0.1) is 0 Å². The van der Waals surface area contributed by atoms with Crippen molar-refractivity contribution in [2.75, 3.05) is 18.0 Å². The first-order valence-corrected chi connectivity index (χ1v) is 7.59. The molecule has 3 nitrogen and oxygen atoms in total. The molecule has 1 aromatic heterocycles. The summed E-state index contributed by atoms with van der Waals surface area (Å²) >= 11 is 0. The summed E-state index contributed by atoms with van der Waals surface area (Å²) < 4.78 is 0. The van der Waals surface area contributed by atoms with E-state index >= 15 is 0 Å². The molecule has 0 radical (unpaired) electrons. The first kappa shape index (κ1) is 13.8. The second-order valence-electron chi connectivity index (χ2n) is 5.46. The monoisotopic (exact) mass is 279 g/mol. The van der Waals surface area contributed by atoms with Crippen LogP contribution in [0.4, 0.5) is 5.82 Å². The zero-order valence-corrected chi connectivity index (χ0v) is 12.4. The molecule has 0 unspecified atom stereocenters. The number of hydrogen-bond acceptors (Lipinski definition) is 3. The molecule has 1 fully saturated rings. The van der Waals surface area contributed by atoms with Gasteiger partial charge < -0.3 is 4.90 Å². The summed E-state index contributed by atoms with van der Waals surface area (Å²) in [6, 6.07) is 16.8. The smallest absolute Gasteiger partial charge is 0.128 e. The number of pyridine rings is 1. The molecule has 3 rings (SSSR count). The highest BCUT2D eigenvalue weighted by atomic mass is 15.2. The van der Waals surface area contributed by atoms with Gasteiger partial charge >= 0.3 is 0 Å². The van der Waals surface area contributed by atoms with Crippen molar-refractivity contribution in [2.45, 2.75) is 25.8 Å². The zero-order chi connectivity index (χ0) is 14.5. The van der Waals surface area contributed by atoms with Gasteiger partial charge in [-0.3, -0.25) is 4.99 Å². The number of piperidine rings is 1. The minimum atomic E-state index is 0.252. The first-order valence-electron chi connectivity index (χ1n) is 7.59. The largest absolute Gasteiger partial charge is 0.356 e. The molecule has 0 spiro atoms. The van der Waals surface area contributed by atoms with Crippen LogP contribution in [0.25, 0.3) is 0 Å². The highest BCUT2D eigenvalue weighted by Crippen LogP contribution is 2.20. The van der Waals surface area contributed by atoms with Crippen LogP contribution in [0, 0.1) is 0 Å². The maximum atomic E-state index is 4.90. The lowest BCUT2D eigenvalue weighted by molar-refractivity contribution is 0.724. The number of anilines is 1. The van der Waals surface area contributed by atoms with Crippen LogP contribution in [0.15, 0.2) is 59.7 Å². The van der Waals surface area contributed by atoms with Crippen molar-refractivity contribution in [3.8, 4) is 0 Å². The van der Waals surface area contributed by atoms with Crippen molar-refractivity contribution in [2.24, 2.45) is 4.99 Å². The van der Waals surface area contributed by atoms with Gasteiger partial charge in [0.2, 0.25) is 0 Å². The van der Waals surface area contributed by atoms with Crippen LogP contribution in [0.2, 0.25) is 0 Å². The van der Waals surface area contributed by atoms with Gasteiger partial charge in [-0.25, -0.2) is 4.98 Å². The minimum Gasteiger partial charge on any atom is -0.356 e. The molecule has 108 valence electrons. The third-order valence-corrected chi connectivity index (χ3v) is 3.97. The number of hydrogen-bond donors (Lipinski definition) is 0. The molecular formula is C18H21N3. The van der Waals surface area contributed by atoms with Gasteiger partial charge in [0, 0.05) is 37.8 Å². The third kappa shape index (κ3) is 3.48. The van der Waals surface area contributed by atoms with Crippen molar-refractivity contribution in [3.63, 3.8) is 0 Å². The molecule has 0 N–H and O–H groups in total. The maximum absolute atomic E-state index is 4.90. The molecule has 1 aromatic carbocycles. The van der Waals surface area contributed by atoms with E-state index in [9.17, 15) is 0 Å². The van der Waals surface area contributed by atoms with Crippen LogP contribution in [0.5, 0.6) is 0 Å². The van der Waals surface area contributed by atoms with E-state index in [4.69, 9.17) is 4.99 Å². The Balaban J connectivity index is 1.62. The molecule has 0 bridgehead atoms. The van der Waals surface area contributed by atoms with E-state index in [1.165, 1.54) is 11.3 Å². The maximum Gasteiger partial charge on any atom is 0.128 e. The molecule has 0 aliphatic carbocycles. The summed E-state index contributed by atoms with van der Waals surface area (Å²) in [6.07, 6.45) is 3.93. The Hall–Kier alpha value is -2.16. The van der Waals surface area contributed by atoms with Gasteiger partial charge in [0.25, 0.3) is 0 Å². The third-order valence-electron chi connectivity index (χ3n) is 3.97. The molecule has 1 atom stereocenters. The summed E-state index contributed by atoms with van der Waals surface area (Å²) in [4.78, 5) is 11.7. The van der Waals surface area contributed by atoms with Crippen molar-refractivity contribution in [1.82, 2.24) is 4.98 Å². The molecule has 2 aromatic rings. The molecular weight excluding hydrogens is 258 g/mol. The van der Waals surface area contributed by atoms with E-state index in [0.29, 0.717) is 0 Å². The molecule has 3 heteroatoms. The fourth-order valence-corrected chi connectivity index (χ4v) is 2.74. The minimum absolute atomic E-state index is 0.252. The standard InChI is InChI=1S/C18H21N3/c1-15(16-7-3-2-4-8-16)20-17-10-13-21(14-11-17)18-9-5-6-12-19-18/h2-9,12,15H,10-11,13-14H2,1H3/t15-/m0/s1. The number of benzene rings is 1. The van der Waals surface area contributed by atoms with Crippen molar-refractivity contribution < 1.29 is 0 Å². The summed E-state index contributed by atoms with van der Waals surface area (Å²) in [6.45, 7) is 4.20. The summed E-state index contributed by atoms with van der Waals surface area (Å²) in [5.74, 6) is 1.08. The summed E-state index contributed by atoms with van der Waals surface area (Å²) in [7, 11) is 0. The van der Waals surface area contributed by atoms with Gasteiger partial charge in [-0.2, -0.15) is 0 Å². The Morgan fingerprint density at radius 2 is 1.71 bits per heavy atom. The number of aliphatic imine (C=N–C) groups is 1. The highest BCUT2D eigenvalue weighted by molar-refractivity contribution is 5.86. The lowest BCUT2D eigenvalue weighted by Crippen LogP contribution is -2.34. The number of rotatable bonds is 3. The van der Waals surface area contributed by atoms with Crippen LogP contribution >= 0.6 is 0 Å². The fourth-order valence-electron chi connectivity index (χ4n) is 2.74. The van der Waals surface area contributed by atoms with Crippen LogP contribution in [0.1, 0.15) is 31.4 Å². The molecule has 21 heavy (non-hydrogen) atoms. The second kappa shape index (κ2) is 6.53. The molecule has 1 aliphatic rings. The SMILES string of the molecule is C[C@H](N=C1CCN(c2ccccn2)CC1)c1ccccc1. The molecule has 0 saturated carbocycles. The fraction of sp³-hybridized carbons (Fsp3) is 0.333. The van der Waals surface area contributed by atoms with Gasteiger partial charge in [-0.1, -0.05) is 36.4 Å². The van der Waals surface area contributed by atoms with Crippen LogP contribution < -0.4 is 4.90 Å². The van der Waals surface area contributed by atoms with Gasteiger partial charge in [0.1, 0.15) is 5.82 Å². The number of nitrogens with zero attached hydrogens (tertiary/aromatic N) is 3. The second-order valence-corrected chi connectivity index (χ2v) is 5.46. The van der Waals surface area contributed by atoms with E-state index in [1.54, 1.807) is 0 Å².